The van der Waals surface area contributed by atoms with Gasteiger partial charge in [0.2, 0.25) is 0 Å². The molecule has 0 saturated carbocycles. The second kappa shape index (κ2) is 4.47. The highest BCUT2D eigenvalue weighted by Crippen LogP contribution is 2.07. The fourth-order valence-corrected chi connectivity index (χ4v) is 1.29. The van der Waals surface area contributed by atoms with Crippen LogP contribution in [0.5, 0.6) is 0 Å². The van der Waals surface area contributed by atoms with Crippen LogP contribution in [0.3, 0.4) is 0 Å². The first-order valence-corrected chi connectivity index (χ1v) is 4.03. The van der Waals surface area contributed by atoms with Gasteiger partial charge in [0.1, 0.15) is 0 Å². The van der Waals surface area contributed by atoms with Crippen molar-refractivity contribution < 1.29 is 0 Å². The maximum atomic E-state index is 5.33. The van der Waals surface area contributed by atoms with Gasteiger partial charge in [0.25, 0.3) is 0 Å². The predicted octanol–water partition coefficient (Wildman–Crippen LogP) is 0.643. The Balaban J connectivity index is 2.19. The zero-order valence-corrected chi connectivity index (χ0v) is 6.34. The number of nitrogens with two attached hydrogens (primary N) is 1. The number of nitrogens with one attached hydrogen (secondary N) is 1. The van der Waals surface area contributed by atoms with Gasteiger partial charge >= 0.3 is 0 Å². The second-order valence-corrected chi connectivity index (χ2v) is 2.72. The topological polar surface area (TPSA) is 38.0 Å². The maximum absolute atomic E-state index is 5.33. The summed E-state index contributed by atoms with van der Waals surface area (Å²) in [4.78, 5) is 0. The summed E-state index contributed by atoms with van der Waals surface area (Å²) in [6.07, 6.45) is 8.16. The van der Waals surface area contributed by atoms with Gasteiger partial charge in [0, 0.05) is 12.6 Å². The van der Waals surface area contributed by atoms with Gasteiger partial charge in [0.05, 0.1) is 0 Å². The molecule has 0 amide bonds. The van der Waals surface area contributed by atoms with Crippen molar-refractivity contribution >= 4 is 0 Å². The summed E-state index contributed by atoms with van der Waals surface area (Å²) in [5.41, 5.74) is 5.33. The van der Waals surface area contributed by atoms with Crippen LogP contribution in [0.25, 0.3) is 0 Å². The molecule has 1 fully saturated rings. The van der Waals surface area contributed by atoms with E-state index >= 15 is 0 Å². The molecule has 2 heteroatoms. The van der Waals surface area contributed by atoms with Crippen molar-refractivity contribution in [3.8, 4) is 0 Å². The molecule has 58 valence electrons. The van der Waals surface area contributed by atoms with Gasteiger partial charge in [-0.15, -0.1) is 0 Å². The summed E-state index contributed by atoms with van der Waals surface area (Å²) < 4.78 is 0. The van der Waals surface area contributed by atoms with Crippen LogP contribution in [-0.4, -0.2) is 19.1 Å². The Bertz CT molecular complexity index is 104. The molecular weight excluding hydrogens is 124 g/mol. The normalized spacial score (nSPS) is 27.5. The molecule has 3 N–H and O–H groups in total. The van der Waals surface area contributed by atoms with Gasteiger partial charge in [-0.2, -0.15) is 0 Å². The Morgan fingerprint density at radius 3 is 3.00 bits per heavy atom. The van der Waals surface area contributed by atoms with E-state index in [1.165, 1.54) is 25.8 Å². The van der Waals surface area contributed by atoms with Crippen LogP contribution in [0.15, 0.2) is 12.2 Å². The molecule has 1 aliphatic rings. The second-order valence-electron chi connectivity index (χ2n) is 2.72. The van der Waals surface area contributed by atoms with Gasteiger partial charge in [-0.25, -0.2) is 0 Å². The number of hydrogen-bond acceptors (Lipinski definition) is 2. The molecule has 2 nitrogen and oxygen atoms in total. The van der Waals surface area contributed by atoms with Gasteiger partial charge < -0.3 is 11.1 Å². The van der Waals surface area contributed by atoms with Gasteiger partial charge in [-0.3, -0.25) is 0 Å². The molecule has 0 bridgehead atoms. The lowest BCUT2D eigenvalue weighted by atomic mass is 10.0. The SMILES string of the molecule is NC/C=C\C1CCCCN1. The minimum Gasteiger partial charge on any atom is -0.327 e. The van der Waals surface area contributed by atoms with E-state index in [-0.39, 0.29) is 0 Å². The van der Waals surface area contributed by atoms with Crippen molar-refractivity contribution in [1.29, 1.82) is 0 Å². The molecule has 1 atom stereocenters. The van der Waals surface area contributed by atoms with E-state index in [2.05, 4.69) is 11.4 Å². The molecule has 10 heavy (non-hydrogen) atoms. The van der Waals surface area contributed by atoms with Crippen LogP contribution in [0.2, 0.25) is 0 Å². The van der Waals surface area contributed by atoms with E-state index in [0.29, 0.717) is 12.6 Å². The fraction of sp³-hybridized carbons (Fsp3) is 0.750. The summed E-state index contributed by atoms with van der Waals surface area (Å²) in [5, 5.41) is 3.41. The lowest BCUT2D eigenvalue weighted by Gasteiger charge is -2.19. The summed E-state index contributed by atoms with van der Waals surface area (Å²) in [7, 11) is 0. The molecule has 1 heterocycles. The molecule has 1 saturated heterocycles. The molecular formula is C8H16N2. The average Bonchev–Trinajstić information content (AvgIpc) is 2.03. The average molecular weight is 140 g/mol. The minimum absolute atomic E-state index is 0.595. The van der Waals surface area contributed by atoms with E-state index < -0.39 is 0 Å². The third-order valence-electron chi connectivity index (χ3n) is 1.85. The molecule has 1 rings (SSSR count). The van der Waals surface area contributed by atoms with E-state index in [1.807, 2.05) is 6.08 Å². The van der Waals surface area contributed by atoms with Crippen LogP contribution in [0.4, 0.5) is 0 Å². The van der Waals surface area contributed by atoms with Crippen molar-refractivity contribution in [1.82, 2.24) is 5.32 Å². The Hall–Kier alpha value is -0.340. The monoisotopic (exact) mass is 140 g/mol. The van der Waals surface area contributed by atoms with Gasteiger partial charge in [-0.1, -0.05) is 18.6 Å². The standard InChI is InChI=1S/C8H16N2/c9-6-3-5-8-4-1-2-7-10-8/h3,5,8,10H,1-2,4,6-7,9H2/b5-3-. The lowest BCUT2D eigenvalue weighted by Crippen LogP contribution is -2.32. The third-order valence-corrected chi connectivity index (χ3v) is 1.85. The zero-order valence-electron chi connectivity index (χ0n) is 6.34. The molecule has 0 radical (unpaired) electrons. The summed E-state index contributed by atoms with van der Waals surface area (Å²) in [5.74, 6) is 0. The first-order chi connectivity index (χ1) is 4.93. The van der Waals surface area contributed by atoms with Crippen LogP contribution in [0, 0.1) is 0 Å². The van der Waals surface area contributed by atoms with Gasteiger partial charge in [0.15, 0.2) is 0 Å². The highest BCUT2D eigenvalue weighted by Gasteiger charge is 2.07. The molecule has 0 spiro atoms. The third kappa shape index (κ3) is 2.50. The molecule has 0 aliphatic carbocycles. The summed E-state index contributed by atoms with van der Waals surface area (Å²) in [6.45, 7) is 1.83. The smallest absolute Gasteiger partial charge is 0.0250 e. The highest BCUT2D eigenvalue weighted by molar-refractivity contribution is 4.94. The van der Waals surface area contributed by atoms with E-state index in [4.69, 9.17) is 5.73 Å². The van der Waals surface area contributed by atoms with E-state index in [0.717, 1.165) is 0 Å². The number of rotatable bonds is 2. The van der Waals surface area contributed by atoms with Crippen LogP contribution in [0.1, 0.15) is 19.3 Å². The Morgan fingerprint density at radius 1 is 1.50 bits per heavy atom. The lowest BCUT2D eigenvalue weighted by molar-refractivity contribution is 0.454. The van der Waals surface area contributed by atoms with Crippen LogP contribution in [-0.2, 0) is 0 Å². The van der Waals surface area contributed by atoms with Gasteiger partial charge in [-0.05, 0) is 19.4 Å². The summed E-state index contributed by atoms with van der Waals surface area (Å²) in [6, 6.07) is 0.595. The Labute approximate surface area is 62.5 Å². The molecule has 0 aromatic heterocycles. The fourth-order valence-electron chi connectivity index (χ4n) is 1.29. The largest absolute Gasteiger partial charge is 0.327 e. The number of hydrogen-bond donors (Lipinski definition) is 2. The molecule has 1 unspecified atom stereocenters. The maximum Gasteiger partial charge on any atom is 0.0250 e. The molecule has 0 aromatic rings. The van der Waals surface area contributed by atoms with Crippen molar-refractivity contribution in [3.63, 3.8) is 0 Å². The first kappa shape index (κ1) is 7.76. The summed E-state index contributed by atoms with van der Waals surface area (Å²) >= 11 is 0. The van der Waals surface area contributed by atoms with Crippen LogP contribution < -0.4 is 11.1 Å². The minimum atomic E-state index is 0.595. The van der Waals surface area contributed by atoms with Crippen molar-refractivity contribution in [3.05, 3.63) is 12.2 Å². The van der Waals surface area contributed by atoms with E-state index in [9.17, 15) is 0 Å². The Kier molecular flexibility index (Phi) is 3.47. The predicted molar refractivity (Wildman–Crippen MR) is 43.8 cm³/mol. The van der Waals surface area contributed by atoms with Crippen molar-refractivity contribution in [2.75, 3.05) is 13.1 Å². The van der Waals surface area contributed by atoms with E-state index in [1.54, 1.807) is 0 Å². The van der Waals surface area contributed by atoms with Crippen molar-refractivity contribution in [2.45, 2.75) is 25.3 Å². The molecule has 1 aliphatic heterocycles. The Morgan fingerprint density at radius 2 is 2.40 bits per heavy atom. The number of piperidine rings is 1. The first-order valence-electron chi connectivity index (χ1n) is 4.03. The molecule has 0 aromatic carbocycles. The quantitative estimate of drug-likeness (QED) is 0.552. The van der Waals surface area contributed by atoms with Crippen molar-refractivity contribution in [2.24, 2.45) is 5.73 Å². The van der Waals surface area contributed by atoms with Crippen LogP contribution >= 0.6 is 0 Å². The zero-order chi connectivity index (χ0) is 7.23. The highest BCUT2D eigenvalue weighted by atomic mass is 14.9.